The highest BCUT2D eigenvalue weighted by Gasteiger charge is 2.28. The van der Waals surface area contributed by atoms with Gasteiger partial charge in [0.25, 0.3) is 0 Å². The lowest BCUT2D eigenvalue weighted by atomic mass is 10.0. The van der Waals surface area contributed by atoms with Crippen molar-refractivity contribution >= 4 is 11.7 Å². The molecule has 1 saturated heterocycles. The normalized spacial score (nSPS) is 18.0. The largest absolute Gasteiger partial charge is 0.486 e. The zero-order chi connectivity index (χ0) is 21.2. The van der Waals surface area contributed by atoms with E-state index in [9.17, 15) is 4.79 Å². The second-order valence-electron chi connectivity index (χ2n) is 7.87. The van der Waals surface area contributed by atoms with Crippen molar-refractivity contribution < 1.29 is 14.3 Å². The van der Waals surface area contributed by atoms with E-state index >= 15 is 0 Å². The molecule has 0 spiro atoms. The predicted octanol–water partition coefficient (Wildman–Crippen LogP) is 3.89. The van der Waals surface area contributed by atoms with E-state index in [1.807, 2.05) is 47.6 Å². The van der Waals surface area contributed by atoms with Gasteiger partial charge in [-0.25, -0.2) is 9.78 Å². The van der Waals surface area contributed by atoms with Crippen LogP contribution in [-0.2, 0) is 0 Å². The number of pyridine rings is 1. The monoisotopic (exact) mass is 419 g/mol. The summed E-state index contributed by atoms with van der Waals surface area (Å²) in [6.07, 6.45) is 7.40. The van der Waals surface area contributed by atoms with Gasteiger partial charge >= 0.3 is 6.03 Å². The van der Waals surface area contributed by atoms with Gasteiger partial charge in [-0.1, -0.05) is 0 Å². The fourth-order valence-corrected chi connectivity index (χ4v) is 4.29. The second kappa shape index (κ2) is 8.29. The number of aryl methyl sites for hydroxylation is 1. The smallest absolute Gasteiger partial charge is 0.321 e. The Labute approximate surface area is 180 Å². The Morgan fingerprint density at radius 2 is 2.03 bits per heavy atom. The van der Waals surface area contributed by atoms with Crippen LogP contribution in [0.5, 0.6) is 11.5 Å². The topological polar surface area (TPSA) is 81.5 Å². The van der Waals surface area contributed by atoms with E-state index in [2.05, 4.69) is 26.8 Å². The molecule has 8 heteroatoms. The first kappa shape index (κ1) is 19.4. The first-order valence-electron chi connectivity index (χ1n) is 10.6. The number of nitrogens with zero attached hydrogens (tertiary/aromatic N) is 4. The van der Waals surface area contributed by atoms with Gasteiger partial charge in [0.2, 0.25) is 0 Å². The van der Waals surface area contributed by atoms with Crippen molar-refractivity contribution in [2.75, 3.05) is 31.6 Å². The molecule has 0 saturated carbocycles. The molecule has 4 heterocycles. The molecule has 2 aliphatic rings. The van der Waals surface area contributed by atoms with Gasteiger partial charge < -0.3 is 24.3 Å². The maximum Gasteiger partial charge on any atom is 0.321 e. The summed E-state index contributed by atoms with van der Waals surface area (Å²) in [4.78, 5) is 23.7. The standard InChI is InChI=1S/C23H25N5O3/c1-16-13-25-22(17-4-2-8-24-14-17)28(16)19-5-3-9-27(15-19)23(29)26-18-6-7-20-21(12-18)31-11-10-30-20/h2,4,6-8,12-14,19H,3,5,9-11,15H2,1H3,(H,26,29). The van der Waals surface area contributed by atoms with Gasteiger partial charge in [0, 0.05) is 54.7 Å². The molecule has 3 aromatic rings. The summed E-state index contributed by atoms with van der Waals surface area (Å²) in [6.45, 7) is 4.47. The van der Waals surface area contributed by atoms with Crippen molar-refractivity contribution in [3.8, 4) is 22.9 Å². The molecule has 160 valence electrons. The van der Waals surface area contributed by atoms with Gasteiger partial charge in [-0.2, -0.15) is 0 Å². The average Bonchev–Trinajstić information content (AvgIpc) is 3.21. The number of benzene rings is 1. The SMILES string of the molecule is Cc1cnc(-c2cccnc2)n1C1CCCN(C(=O)Nc2ccc3c(c2)OCCO3)C1. The summed E-state index contributed by atoms with van der Waals surface area (Å²) < 4.78 is 13.4. The second-order valence-corrected chi connectivity index (χ2v) is 7.87. The number of carbonyl (C=O) groups is 1. The summed E-state index contributed by atoms with van der Waals surface area (Å²) in [7, 11) is 0. The molecule has 0 aliphatic carbocycles. The molecule has 1 aromatic carbocycles. The molecule has 2 aromatic heterocycles. The van der Waals surface area contributed by atoms with E-state index < -0.39 is 0 Å². The fraction of sp³-hybridized carbons (Fsp3) is 0.348. The van der Waals surface area contributed by atoms with Crippen molar-refractivity contribution in [1.29, 1.82) is 0 Å². The summed E-state index contributed by atoms with van der Waals surface area (Å²) in [5.41, 5.74) is 2.76. The third-order valence-electron chi connectivity index (χ3n) is 5.74. The number of aromatic nitrogens is 3. The van der Waals surface area contributed by atoms with Gasteiger partial charge in [-0.15, -0.1) is 0 Å². The molecule has 1 atom stereocenters. The summed E-state index contributed by atoms with van der Waals surface area (Å²) in [6, 6.07) is 9.47. The summed E-state index contributed by atoms with van der Waals surface area (Å²) in [5, 5.41) is 3.01. The van der Waals surface area contributed by atoms with Gasteiger partial charge in [0.15, 0.2) is 11.5 Å². The number of likely N-dealkylation sites (tertiary alicyclic amines) is 1. The minimum Gasteiger partial charge on any atom is -0.486 e. The van der Waals surface area contributed by atoms with E-state index in [0.717, 1.165) is 36.5 Å². The van der Waals surface area contributed by atoms with Crippen molar-refractivity contribution in [1.82, 2.24) is 19.4 Å². The van der Waals surface area contributed by atoms with Crippen LogP contribution in [0.25, 0.3) is 11.4 Å². The molecule has 0 bridgehead atoms. The van der Waals surface area contributed by atoms with Crippen LogP contribution < -0.4 is 14.8 Å². The van der Waals surface area contributed by atoms with Crippen LogP contribution in [0.4, 0.5) is 10.5 Å². The molecule has 8 nitrogen and oxygen atoms in total. The molecule has 0 radical (unpaired) electrons. The van der Waals surface area contributed by atoms with Crippen LogP contribution in [0.3, 0.4) is 0 Å². The first-order valence-corrected chi connectivity index (χ1v) is 10.6. The van der Waals surface area contributed by atoms with Crippen molar-refractivity contribution in [2.45, 2.75) is 25.8 Å². The highest BCUT2D eigenvalue weighted by atomic mass is 16.6. The molecule has 5 rings (SSSR count). The number of amides is 2. The Kier molecular flexibility index (Phi) is 5.19. The van der Waals surface area contributed by atoms with E-state index in [-0.39, 0.29) is 12.1 Å². The third kappa shape index (κ3) is 3.93. The fourth-order valence-electron chi connectivity index (χ4n) is 4.29. The van der Waals surface area contributed by atoms with E-state index in [1.54, 1.807) is 6.20 Å². The van der Waals surface area contributed by atoms with Crippen LogP contribution in [0.2, 0.25) is 0 Å². The molecule has 1 unspecified atom stereocenters. The van der Waals surface area contributed by atoms with Crippen molar-refractivity contribution in [3.05, 3.63) is 54.6 Å². The highest BCUT2D eigenvalue weighted by Crippen LogP contribution is 2.33. The molecular weight excluding hydrogens is 394 g/mol. The molecule has 31 heavy (non-hydrogen) atoms. The van der Waals surface area contributed by atoms with Crippen LogP contribution in [-0.4, -0.2) is 51.8 Å². The minimum atomic E-state index is -0.109. The summed E-state index contributed by atoms with van der Waals surface area (Å²) in [5.74, 6) is 2.27. The minimum absolute atomic E-state index is 0.109. The third-order valence-corrected chi connectivity index (χ3v) is 5.74. The number of ether oxygens (including phenoxy) is 2. The number of urea groups is 1. The van der Waals surface area contributed by atoms with Crippen LogP contribution in [0.15, 0.2) is 48.9 Å². The average molecular weight is 419 g/mol. The number of carbonyl (C=O) groups excluding carboxylic acids is 1. The van der Waals surface area contributed by atoms with E-state index in [4.69, 9.17) is 9.47 Å². The zero-order valence-corrected chi connectivity index (χ0v) is 17.5. The lowest BCUT2D eigenvalue weighted by Crippen LogP contribution is -2.43. The number of fused-ring (bicyclic) bond motifs is 1. The number of piperidine rings is 1. The number of nitrogens with one attached hydrogen (secondary N) is 1. The number of imidazole rings is 1. The molecule has 1 N–H and O–H groups in total. The van der Waals surface area contributed by atoms with Gasteiger partial charge in [0.1, 0.15) is 19.0 Å². The zero-order valence-electron chi connectivity index (χ0n) is 17.5. The molecule has 1 fully saturated rings. The van der Waals surface area contributed by atoms with Crippen molar-refractivity contribution in [3.63, 3.8) is 0 Å². The highest BCUT2D eigenvalue weighted by molar-refractivity contribution is 5.89. The van der Waals surface area contributed by atoms with Crippen LogP contribution in [0, 0.1) is 6.92 Å². The quantitative estimate of drug-likeness (QED) is 0.696. The number of hydrogen-bond donors (Lipinski definition) is 1. The number of anilines is 1. The number of hydrogen-bond acceptors (Lipinski definition) is 5. The van der Waals surface area contributed by atoms with Crippen molar-refractivity contribution in [2.24, 2.45) is 0 Å². The lowest BCUT2D eigenvalue weighted by Gasteiger charge is -2.34. The maximum absolute atomic E-state index is 13.0. The van der Waals surface area contributed by atoms with Crippen LogP contribution >= 0.6 is 0 Å². The Morgan fingerprint density at radius 1 is 1.16 bits per heavy atom. The van der Waals surface area contributed by atoms with Gasteiger partial charge in [-0.05, 0) is 44.0 Å². The van der Waals surface area contributed by atoms with Gasteiger partial charge in [-0.3, -0.25) is 4.98 Å². The maximum atomic E-state index is 13.0. The summed E-state index contributed by atoms with van der Waals surface area (Å²) >= 11 is 0. The van der Waals surface area contributed by atoms with E-state index in [0.29, 0.717) is 36.9 Å². The van der Waals surface area contributed by atoms with E-state index in [1.165, 1.54) is 0 Å². The first-order chi connectivity index (χ1) is 15.2. The molecular formula is C23H25N5O3. The Hall–Kier alpha value is -3.55. The van der Waals surface area contributed by atoms with Gasteiger partial charge in [0.05, 0.1) is 6.04 Å². The lowest BCUT2D eigenvalue weighted by molar-refractivity contribution is 0.171. The Balaban J connectivity index is 1.32. The number of rotatable bonds is 3. The Bertz CT molecular complexity index is 1080. The molecule has 2 amide bonds. The van der Waals surface area contributed by atoms with Crippen LogP contribution in [0.1, 0.15) is 24.6 Å². The molecule has 2 aliphatic heterocycles. The predicted molar refractivity (Wildman–Crippen MR) is 116 cm³/mol. The Morgan fingerprint density at radius 3 is 2.87 bits per heavy atom.